The van der Waals surface area contributed by atoms with Crippen molar-refractivity contribution in [2.75, 3.05) is 22.9 Å². The molecule has 0 saturated carbocycles. The molecule has 0 aliphatic heterocycles. The maximum absolute atomic E-state index is 5.25. The first-order valence-electron chi connectivity index (χ1n) is 8.23. The second-order valence-electron chi connectivity index (χ2n) is 5.10. The van der Waals surface area contributed by atoms with Gasteiger partial charge in [-0.25, -0.2) is 24.9 Å². The number of nitrogen functional groups attached to an aromatic ring is 4. The minimum Gasteiger partial charge on any atom is -0.384 e. The molecule has 4 aromatic heterocycles. The van der Waals surface area contributed by atoms with Crippen molar-refractivity contribution in [1.29, 1.82) is 0 Å². The molecule has 0 amide bonds. The molecular weight excluding hydrogens is 370 g/mol. The predicted octanol–water partition coefficient (Wildman–Crippen LogP) is 1.15. The Hall–Kier alpha value is -4.41. The summed E-state index contributed by atoms with van der Waals surface area (Å²) in [6.07, 6.45) is 7.87. The van der Waals surface area contributed by atoms with Crippen LogP contribution < -0.4 is 22.9 Å². The average molecular weight is 393 g/mol. The third kappa shape index (κ3) is 12.6. The van der Waals surface area contributed by atoms with Gasteiger partial charge < -0.3 is 22.9 Å². The Morgan fingerprint density at radius 3 is 1.59 bits per heavy atom. The van der Waals surface area contributed by atoms with Crippen LogP contribution in [0.4, 0.5) is 23.4 Å². The number of hydrogen-bond acceptors (Lipinski definition) is 11. The molecule has 0 atom stereocenters. The number of pyridine rings is 1. The zero-order valence-electron chi connectivity index (χ0n) is 15.9. The molecule has 0 radical (unpaired) electrons. The topological polar surface area (TPSA) is 194 Å². The number of nitrogens with zero attached hydrogens (tertiary/aromatic N) is 7. The molecule has 0 spiro atoms. The van der Waals surface area contributed by atoms with Gasteiger partial charge in [0.15, 0.2) is 0 Å². The largest absolute Gasteiger partial charge is 0.384 e. The Morgan fingerprint density at radius 1 is 0.586 bits per heavy atom. The van der Waals surface area contributed by atoms with Crippen LogP contribution in [-0.2, 0) is 0 Å². The van der Waals surface area contributed by atoms with Crippen molar-refractivity contribution >= 4 is 23.4 Å². The molecule has 4 rings (SSSR count). The fourth-order valence-electron chi connectivity index (χ4n) is 1.40. The van der Waals surface area contributed by atoms with Crippen LogP contribution in [0.3, 0.4) is 0 Å². The summed E-state index contributed by atoms with van der Waals surface area (Å²) in [4.78, 5) is 18.3. The minimum atomic E-state index is 0.322. The van der Waals surface area contributed by atoms with Gasteiger partial charge in [0.2, 0.25) is 5.95 Å². The maximum Gasteiger partial charge on any atom is 0.219 e. The molecule has 29 heavy (non-hydrogen) atoms. The van der Waals surface area contributed by atoms with Crippen molar-refractivity contribution in [2.24, 2.45) is 0 Å². The number of nitrogens with two attached hydrogens (primary N) is 4. The van der Waals surface area contributed by atoms with Crippen molar-refractivity contribution in [3.63, 3.8) is 0 Å². The number of aromatic nitrogens is 7. The lowest BCUT2D eigenvalue weighted by Gasteiger charge is -1.87. The summed E-state index contributed by atoms with van der Waals surface area (Å²) in [6.45, 7) is 1.87. The Kier molecular flexibility index (Phi) is 10.7. The van der Waals surface area contributed by atoms with Crippen LogP contribution >= 0.6 is 0 Å². The molecule has 150 valence electrons. The third-order valence-corrected chi connectivity index (χ3v) is 2.70. The van der Waals surface area contributed by atoms with Crippen molar-refractivity contribution in [3.05, 3.63) is 79.3 Å². The van der Waals surface area contributed by atoms with Crippen LogP contribution in [0.1, 0.15) is 5.69 Å². The molecule has 0 fully saturated rings. The Morgan fingerprint density at radius 2 is 1.28 bits per heavy atom. The first kappa shape index (κ1) is 22.6. The monoisotopic (exact) mass is 393 g/mol. The van der Waals surface area contributed by atoms with E-state index in [1.807, 2.05) is 25.1 Å². The maximum atomic E-state index is 5.25. The van der Waals surface area contributed by atoms with E-state index in [0.29, 0.717) is 23.4 Å². The number of aryl methyl sites for hydroxylation is 1. The van der Waals surface area contributed by atoms with E-state index in [4.69, 9.17) is 22.9 Å². The zero-order chi connectivity index (χ0) is 21.3. The number of hydrogen-bond donors (Lipinski definition) is 4. The molecule has 8 N–H and O–H groups in total. The summed E-state index contributed by atoms with van der Waals surface area (Å²) in [7, 11) is 0. The van der Waals surface area contributed by atoms with Crippen molar-refractivity contribution in [3.8, 4) is 0 Å². The summed E-state index contributed by atoms with van der Waals surface area (Å²) in [5.41, 5.74) is 21.7. The van der Waals surface area contributed by atoms with Gasteiger partial charge in [0, 0.05) is 24.8 Å². The second-order valence-corrected chi connectivity index (χ2v) is 5.10. The normalized spacial score (nSPS) is 8.72. The van der Waals surface area contributed by atoms with Gasteiger partial charge in [0.1, 0.15) is 23.8 Å². The highest BCUT2D eigenvalue weighted by Crippen LogP contribution is 1.93. The second kappa shape index (κ2) is 13.7. The van der Waals surface area contributed by atoms with Crippen LogP contribution in [0.2, 0.25) is 0 Å². The van der Waals surface area contributed by atoms with Gasteiger partial charge in [-0.15, -0.1) is 5.10 Å². The molecule has 0 aromatic carbocycles. The third-order valence-electron chi connectivity index (χ3n) is 2.70. The fraction of sp³-hybridized carbons (Fsp3) is 0.0556. The highest BCUT2D eigenvalue weighted by atomic mass is 15.1. The van der Waals surface area contributed by atoms with E-state index in [1.165, 1.54) is 6.33 Å². The van der Waals surface area contributed by atoms with Crippen LogP contribution in [-0.4, -0.2) is 35.1 Å². The molecule has 0 aliphatic rings. The first-order chi connectivity index (χ1) is 14.0. The van der Waals surface area contributed by atoms with Crippen LogP contribution in [0.5, 0.6) is 0 Å². The van der Waals surface area contributed by atoms with Crippen molar-refractivity contribution < 1.29 is 0 Å². The minimum absolute atomic E-state index is 0.322. The highest BCUT2D eigenvalue weighted by molar-refractivity contribution is 5.25. The lowest BCUT2D eigenvalue weighted by atomic mass is 10.4. The van der Waals surface area contributed by atoms with Crippen LogP contribution in [0, 0.1) is 6.92 Å². The van der Waals surface area contributed by atoms with Crippen LogP contribution in [0.25, 0.3) is 0 Å². The lowest BCUT2D eigenvalue weighted by Crippen LogP contribution is -1.92. The Bertz CT molecular complexity index is 779. The first-order valence-corrected chi connectivity index (χ1v) is 8.23. The van der Waals surface area contributed by atoms with Crippen molar-refractivity contribution in [2.45, 2.75) is 6.92 Å². The fourth-order valence-corrected chi connectivity index (χ4v) is 1.40. The molecule has 11 heteroatoms. The average Bonchev–Trinajstić information content (AvgIpc) is 2.73. The van der Waals surface area contributed by atoms with Gasteiger partial charge in [0.05, 0.1) is 5.69 Å². The van der Waals surface area contributed by atoms with E-state index in [1.54, 1.807) is 49.1 Å². The lowest BCUT2D eigenvalue weighted by molar-refractivity contribution is 0.990. The molecule has 11 nitrogen and oxygen atoms in total. The van der Waals surface area contributed by atoms with E-state index in [9.17, 15) is 0 Å². The summed E-state index contributed by atoms with van der Waals surface area (Å²) in [5, 5.41) is 7.31. The number of rotatable bonds is 0. The predicted molar refractivity (Wildman–Crippen MR) is 113 cm³/mol. The van der Waals surface area contributed by atoms with Crippen LogP contribution in [0.15, 0.2) is 73.6 Å². The van der Waals surface area contributed by atoms with Gasteiger partial charge >= 0.3 is 0 Å². The zero-order valence-corrected chi connectivity index (χ0v) is 15.9. The van der Waals surface area contributed by atoms with Gasteiger partial charge in [-0.3, -0.25) is 0 Å². The molecule has 4 heterocycles. The van der Waals surface area contributed by atoms with E-state index in [2.05, 4.69) is 35.1 Å². The standard InChI is InChI=1S/C5H7N3.C5H6N2.2C4H5N3/c1-4-2-3-5(6)8-7-4;6-5-3-1-2-4-7-5;5-4-1-2-6-3-7-4;5-4-6-2-1-3-7-4/h2-3H,1H3,(H2,6,8);1-4H,(H2,6,7);2*1-3H,(H2,5,6,7). The van der Waals surface area contributed by atoms with Crippen molar-refractivity contribution in [1.82, 2.24) is 35.1 Å². The molecular formula is C18H23N11. The highest BCUT2D eigenvalue weighted by Gasteiger charge is 1.83. The summed E-state index contributed by atoms with van der Waals surface area (Å²) in [5.74, 6) is 1.87. The van der Waals surface area contributed by atoms with Gasteiger partial charge in [-0.2, -0.15) is 5.10 Å². The molecule has 0 aliphatic carbocycles. The smallest absolute Gasteiger partial charge is 0.219 e. The quantitative estimate of drug-likeness (QED) is 0.334. The Balaban J connectivity index is 0.000000194. The van der Waals surface area contributed by atoms with E-state index in [-0.39, 0.29) is 0 Å². The Labute approximate surface area is 168 Å². The van der Waals surface area contributed by atoms with E-state index >= 15 is 0 Å². The van der Waals surface area contributed by atoms with E-state index < -0.39 is 0 Å². The molecule has 0 saturated heterocycles. The van der Waals surface area contributed by atoms with Gasteiger partial charge in [-0.1, -0.05) is 6.07 Å². The summed E-state index contributed by atoms with van der Waals surface area (Å²) < 4.78 is 0. The molecule has 0 unspecified atom stereocenters. The summed E-state index contributed by atoms with van der Waals surface area (Å²) in [6, 6.07) is 12.3. The molecule has 0 bridgehead atoms. The SMILES string of the molecule is Cc1ccc(N)nn1.Nc1ccccn1.Nc1ccncn1.Nc1ncccn1. The van der Waals surface area contributed by atoms with Gasteiger partial charge in [0.25, 0.3) is 0 Å². The summed E-state index contributed by atoms with van der Waals surface area (Å²) >= 11 is 0. The number of anilines is 4. The van der Waals surface area contributed by atoms with Gasteiger partial charge in [-0.05, 0) is 43.3 Å². The molecule has 4 aromatic rings. The van der Waals surface area contributed by atoms with E-state index in [0.717, 1.165) is 5.69 Å².